The summed E-state index contributed by atoms with van der Waals surface area (Å²) in [6, 6.07) is 19.3. The van der Waals surface area contributed by atoms with Gasteiger partial charge < -0.3 is 25.3 Å². The van der Waals surface area contributed by atoms with Gasteiger partial charge in [0, 0.05) is 102 Å². The number of hydroxylamine groups is 6. The van der Waals surface area contributed by atoms with Crippen molar-refractivity contribution >= 4 is 69.9 Å². The Balaban J connectivity index is 0.959. The average molecular weight is 1010 g/mol. The number of pyridine rings is 1. The zero-order chi connectivity index (χ0) is 51.6. The monoisotopic (exact) mass is 1010 g/mol. The first-order chi connectivity index (χ1) is 34.0. The van der Waals surface area contributed by atoms with Gasteiger partial charge in [-0.05, 0) is 94.0 Å². The first-order valence-corrected chi connectivity index (χ1v) is 26.1. The van der Waals surface area contributed by atoms with Crippen molar-refractivity contribution in [3.05, 3.63) is 71.4 Å². The molecular weight excluding hydrogens is 927 g/mol. The Morgan fingerprint density at radius 3 is 1.75 bits per heavy atom. The van der Waals surface area contributed by atoms with Crippen molar-refractivity contribution in [1.29, 1.82) is 0 Å². The minimum Gasteiger partial charge on any atom is -0.356 e. The van der Waals surface area contributed by atoms with Crippen LogP contribution in [-0.4, -0.2) is 144 Å². The molecule has 19 heteroatoms. The molecule has 1 aromatic heterocycles. The lowest BCUT2D eigenvalue weighted by Crippen LogP contribution is -2.44. The molecule has 1 aliphatic heterocycles. The van der Waals surface area contributed by atoms with Gasteiger partial charge in [0.15, 0.2) is 12.7 Å². The zero-order valence-electron chi connectivity index (χ0n) is 42.4. The number of carbonyl (C=O) groups is 6. The van der Waals surface area contributed by atoms with E-state index in [9.17, 15) is 44.4 Å². The summed E-state index contributed by atoms with van der Waals surface area (Å²) in [5, 5.41) is 42.2. The summed E-state index contributed by atoms with van der Waals surface area (Å²) < 4.78 is 3.23. The number of fused-ring (bicyclic) bond motifs is 2. The van der Waals surface area contributed by atoms with E-state index in [1.54, 1.807) is 11.8 Å². The van der Waals surface area contributed by atoms with Crippen LogP contribution in [0.1, 0.15) is 115 Å². The van der Waals surface area contributed by atoms with Crippen LogP contribution in [0, 0.1) is 0 Å². The zero-order valence-corrected chi connectivity index (χ0v) is 43.2. The molecule has 2 aromatic carbocycles. The molecule has 0 spiro atoms. The van der Waals surface area contributed by atoms with E-state index in [4.69, 9.17) is 0 Å². The second-order valence-electron chi connectivity index (χ2n) is 18.8. The molecule has 0 fully saturated rings. The molecule has 4 rings (SSSR count). The highest BCUT2D eigenvalue weighted by atomic mass is 32.2. The maximum Gasteiger partial charge on any atom is 0.246 e. The van der Waals surface area contributed by atoms with Crippen molar-refractivity contribution in [2.45, 2.75) is 121 Å². The lowest BCUT2D eigenvalue weighted by molar-refractivity contribution is -0.892. The van der Waals surface area contributed by atoms with Gasteiger partial charge in [-0.15, -0.1) is 0 Å². The predicted molar refractivity (Wildman–Crippen MR) is 274 cm³/mol. The van der Waals surface area contributed by atoms with Crippen LogP contribution in [0.4, 0.5) is 5.69 Å². The van der Waals surface area contributed by atoms with Crippen molar-refractivity contribution in [3.63, 3.8) is 0 Å². The third kappa shape index (κ3) is 21.3. The minimum absolute atomic E-state index is 0.00623. The highest BCUT2D eigenvalue weighted by Crippen LogP contribution is 2.45. The molecule has 0 saturated carbocycles. The van der Waals surface area contributed by atoms with Crippen molar-refractivity contribution in [2.24, 2.45) is 0 Å². The van der Waals surface area contributed by atoms with E-state index in [-0.39, 0.29) is 63.0 Å². The van der Waals surface area contributed by atoms with Crippen LogP contribution in [0.15, 0.2) is 70.7 Å². The summed E-state index contributed by atoms with van der Waals surface area (Å²) in [6.07, 6.45) is 12.1. The van der Waals surface area contributed by atoms with Gasteiger partial charge in [-0.3, -0.25) is 44.4 Å². The lowest BCUT2D eigenvalue weighted by Gasteiger charge is -2.29. The Hall–Kier alpha value is -5.60. The summed E-state index contributed by atoms with van der Waals surface area (Å²) in [6.45, 7) is 5.81. The molecule has 0 bridgehead atoms. The Bertz CT molecular complexity index is 2240. The Kier molecular flexibility index (Phi) is 25.3. The minimum atomic E-state index is -0.562. The number of rotatable bonds is 33. The molecule has 3 aromatic rings. The lowest BCUT2D eigenvalue weighted by atomic mass is 10.1. The molecule has 0 atom stereocenters. The number of aryl methyl sites for hydroxylation is 1. The second kappa shape index (κ2) is 31.0. The number of hydrogen-bond donors (Lipinski definition) is 6. The highest BCUT2D eigenvalue weighted by Gasteiger charge is 2.23. The number of nitrogens with zero attached hydrogens (tertiary/aromatic N) is 6. The second-order valence-corrected chi connectivity index (χ2v) is 19.9. The number of thioether (sulfide) groups is 1. The van der Waals surface area contributed by atoms with Crippen LogP contribution >= 0.6 is 11.8 Å². The van der Waals surface area contributed by atoms with Crippen LogP contribution < -0.4 is 25.4 Å². The number of hydrogen-bond acceptors (Lipinski definition) is 11. The number of unbranched alkanes of at least 4 members (excludes halogenated alkanes) is 6. The molecule has 390 valence electrons. The quantitative estimate of drug-likeness (QED) is 0.0137. The molecule has 1 aliphatic rings. The van der Waals surface area contributed by atoms with Gasteiger partial charge >= 0.3 is 0 Å². The summed E-state index contributed by atoms with van der Waals surface area (Å²) in [5.41, 5.74) is 3.66. The van der Waals surface area contributed by atoms with E-state index in [1.807, 2.05) is 0 Å². The van der Waals surface area contributed by atoms with Gasteiger partial charge in [-0.25, -0.2) is 15.2 Å². The summed E-state index contributed by atoms with van der Waals surface area (Å²) in [7, 11) is 6.62. The predicted octanol–water partition coefficient (Wildman–Crippen LogP) is 6.01. The summed E-state index contributed by atoms with van der Waals surface area (Å²) in [4.78, 5) is 75.8. The summed E-state index contributed by atoms with van der Waals surface area (Å²) >= 11 is 1.80. The Labute approximate surface area is 423 Å². The Morgan fingerprint density at radius 1 is 0.620 bits per heavy atom. The smallest absolute Gasteiger partial charge is 0.246 e. The fourth-order valence-electron chi connectivity index (χ4n) is 8.18. The maximum absolute atomic E-state index is 12.5. The fraction of sp³-hybridized carbons (Fsp3) is 0.558. The van der Waals surface area contributed by atoms with Crippen molar-refractivity contribution in [1.82, 2.24) is 31.1 Å². The number of anilines is 1. The number of aromatic nitrogens is 1. The maximum atomic E-state index is 12.5. The first-order valence-electron chi connectivity index (χ1n) is 25.3. The van der Waals surface area contributed by atoms with E-state index in [0.29, 0.717) is 92.6 Å². The van der Waals surface area contributed by atoms with Crippen molar-refractivity contribution in [2.75, 3.05) is 78.4 Å². The van der Waals surface area contributed by atoms with Crippen LogP contribution in [0.25, 0.3) is 17.0 Å². The van der Waals surface area contributed by atoms with E-state index in [0.717, 1.165) is 43.4 Å². The van der Waals surface area contributed by atoms with Crippen LogP contribution in [0.5, 0.6) is 0 Å². The molecule has 18 nitrogen and oxygen atoms in total. The van der Waals surface area contributed by atoms with Gasteiger partial charge in [0.2, 0.25) is 41.0 Å². The van der Waals surface area contributed by atoms with E-state index in [2.05, 4.69) is 113 Å². The number of nitrogens with one attached hydrogen (secondary N) is 3. The van der Waals surface area contributed by atoms with Crippen LogP contribution in [-0.2, 0) is 35.3 Å². The fourth-order valence-corrected chi connectivity index (χ4v) is 9.29. The number of quaternary nitrogens is 1. The molecule has 71 heavy (non-hydrogen) atoms. The normalized spacial score (nSPS) is 12.7. The van der Waals surface area contributed by atoms with E-state index in [1.165, 1.54) is 39.0 Å². The highest BCUT2D eigenvalue weighted by molar-refractivity contribution is 8.03. The average Bonchev–Trinajstić information content (AvgIpc) is 3.67. The molecule has 0 saturated heterocycles. The van der Waals surface area contributed by atoms with Gasteiger partial charge in [0.05, 0.1) is 49.7 Å². The third-order valence-corrected chi connectivity index (χ3v) is 13.7. The number of benzene rings is 2. The third-order valence-electron chi connectivity index (χ3n) is 12.5. The van der Waals surface area contributed by atoms with E-state index >= 15 is 0 Å². The molecule has 6 N–H and O–H groups in total. The van der Waals surface area contributed by atoms with Crippen molar-refractivity contribution in [3.8, 4) is 0 Å². The van der Waals surface area contributed by atoms with Crippen molar-refractivity contribution < 1.29 is 53.4 Å². The number of para-hydroxylation sites is 2. The Morgan fingerprint density at radius 2 is 1.14 bits per heavy atom. The molecule has 0 unspecified atom stereocenters. The largest absolute Gasteiger partial charge is 0.356 e. The summed E-state index contributed by atoms with van der Waals surface area (Å²) in [5.74, 6) is -2.17. The number of amides is 6. The molecule has 6 amide bonds. The van der Waals surface area contributed by atoms with Crippen LogP contribution in [0.3, 0.4) is 0 Å². The molecule has 0 aliphatic carbocycles. The van der Waals surface area contributed by atoms with Gasteiger partial charge in [0.1, 0.15) is 0 Å². The van der Waals surface area contributed by atoms with Gasteiger partial charge in [-0.1, -0.05) is 36.0 Å². The SMILES string of the molecule is CC(=O)N(O)CCCCCNC(=O)CCC(=O)N(O)CCCCCNC(=O)CCC(=O)N(O)CCCCNC(=O)CCCC[N+](C)(C)CCC[n+]1ccc(/C=C2\Sc3ccccc3N2C)c2ccccc21. The van der Waals surface area contributed by atoms with Crippen LogP contribution in [0.2, 0.25) is 0 Å². The molecular formula is C52H79N9O9S+2. The topological polar surface area (TPSA) is 216 Å². The van der Waals surface area contributed by atoms with E-state index < -0.39 is 17.7 Å². The van der Waals surface area contributed by atoms with Gasteiger partial charge in [-0.2, -0.15) is 4.57 Å². The molecule has 0 radical (unpaired) electrons. The van der Waals surface area contributed by atoms with Gasteiger partial charge in [0.25, 0.3) is 0 Å². The molecule has 2 heterocycles. The first kappa shape index (κ1) is 58.0. The standard InChI is InChI=1S/C52H77N9O9S/c1-41(62)58(68)34-15-5-12-30-54-48(64)25-27-50(66)59(69)35-16-6-13-31-55-49(65)26-28-51(67)60(70)36-17-14-32-53-47(63)24-11-18-38-61(3,4)39-19-33-57-37-29-42(43-20-7-8-21-44(43)57)40-52-56(2)45-22-9-10-23-46(45)71-52/h7-10,20-23,29,37,40,68-70H,5-6,11-19,24-28,30-36,38-39H2,1-4H3,(H-2,53,54,55,63,64,65)/p+2. The number of carbonyl (C=O) groups excluding carboxylic acids is 6.